The molecular weight excluding hydrogens is 245 g/mol. The molecule has 0 spiro atoms. The highest BCUT2D eigenvalue weighted by Gasteiger charge is 2.36. The Labute approximate surface area is 107 Å². The van der Waals surface area contributed by atoms with E-state index < -0.39 is 5.67 Å². The van der Waals surface area contributed by atoms with E-state index in [4.69, 9.17) is 9.47 Å². The third kappa shape index (κ3) is 2.82. The maximum Gasteiger partial charge on any atom is 0.149 e. The second-order valence-electron chi connectivity index (χ2n) is 3.99. The van der Waals surface area contributed by atoms with Crippen LogP contribution in [-0.2, 0) is 5.67 Å². The summed E-state index contributed by atoms with van der Waals surface area (Å²) in [5, 5.41) is 3.03. The van der Waals surface area contributed by atoms with E-state index in [1.54, 1.807) is 32.4 Å². The Morgan fingerprint density at radius 1 is 1.18 bits per heavy atom. The molecule has 1 atom stereocenters. The van der Waals surface area contributed by atoms with E-state index >= 15 is 0 Å². The Balaban J connectivity index is 0.00000144. The van der Waals surface area contributed by atoms with Crippen LogP contribution in [0, 0.1) is 0 Å². The van der Waals surface area contributed by atoms with Gasteiger partial charge in [0.05, 0.1) is 14.2 Å². The van der Waals surface area contributed by atoms with Gasteiger partial charge in [-0.3, -0.25) is 0 Å². The number of nitrogens with one attached hydrogen (secondary N) is 1. The molecule has 0 radical (unpaired) electrons. The lowest BCUT2D eigenvalue weighted by Gasteiger charge is -2.20. The monoisotopic (exact) mass is 261 g/mol. The highest BCUT2D eigenvalue weighted by Crippen LogP contribution is 2.36. The van der Waals surface area contributed by atoms with Gasteiger partial charge in [-0.25, -0.2) is 4.39 Å². The summed E-state index contributed by atoms with van der Waals surface area (Å²) in [7, 11) is 3.13. The maximum absolute atomic E-state index is 14.5. The number of benzene rings is 1. The molecule has 0 aliphatic carbocycles. The minimum Gasteiger partial charge on any atom is -0.497 e. The number of methoxy groups -OCH3 is 2. The summed E-state index contributed by atoms with van der Waals surface area (Å²) < 4.78 is 24.8. The fourth-order valence-corrected chi connectivity index (χ4v) is 1.97. The van der Waals surface area contributed by atoms with Crippen molar-refractivity contribution in [2.45, 2.75) is 12.1 Å². The van der Waals surface area contributed by atoms with Crippen LogP contribution in [0.5, 0.6) is 11.5 Å². The Morgan fingerprint density at radius 3 is 2.18 bits per heavy atom. The second kappa shape index (κ2) is 5.56. The Morgan fingerprint density at radius 2 is 1.76 bits per heavy atom. The highest BCUT2D eigenvalue weighted by atomic mass is 35.5. The summed E-state index contributed by atoms with van der Waals surface area (Å²) in [4.78, 5) is 0. The van der Waals surface area contributed by atoms with Gasteiger partial charge < -0.3 is 14.8 Å². The largest absolute Gasteiger partial charge is 0.497 e. The van der Waals surface area contributed by atoms with Gasteiger partial charge in [0, 0.05) is 12.6 Å². The van der Waals surface area contributed by atoms with Gasteiger partial charge in [0.2, 0.25) is 0 Å². The molecule has 2 rings (SSSR count). The molecular formula is C12H17ClFNO2. The van der Waals surface area contributed by atoms with Crippen LogP contribution in [0.2, 0.25) is 0 Å². The number of alkyl halides is 1. The molecule has 1 saturated heterocycles. The first kappa shape index (κ1) is 14.1. The molecule has 0 amide bonds. The van der Waals surface area contributed by atoms with E-state index in [0.29, 0.717) is 36.6 Å². The third-order valence-electron chi connectivity index (χ3n) is 2.97. The van der Waals surface area contributed by atoms with Gasteiger partial charge >= 0.3 is 0 Å². The lowest BCUT2D eigenvalue weighted by molar-refractivity contribution is 0.192. The van der Waals surface area contributed by atoms with Crippen molar-refractivity contribution in [3.63, 3.8) is 0 Å². The number of hydrogen-bond donors (Lipinski definition) is 1. The molecule has 1 aromatic rings. The Hall–Kier alpha value is -1.00. The van der Waals surface area contributed by atoms with Crippen LogP contribution in [0.4, 0.5) is 4.39 Å². The quantitative estimate of drug-likeness (QED) is 0.906. The summed E-state index contributed by atoms with van der Waals surface area (Å²) >= 11 is 0. The van der Waals surface area contributed by atoms with Crippen LogP contribution in [0.3, 0.4) is 0 Å². The average Bonchev–Trinajstić information content (AvgIpc) is 2.77. The van der Waals surface area contributed by atoms with Gasteiger partial charge in [-0.05, 0) is 30.7 Å². The van der Waals surface area contributed by atoms with Crippen molar-refractivity contribution in [3.05, 3.63) is 23.8 Å². The first-order valence-electron chi connectivity index (χ1n) is 5.31. The third-order valence-corrected chi connectivity index (χ3v) is 2.97. The van der Waals surface area contributed by atoms with Crippen LogP contribution in [0.1, 0.15) is 12.0 Å². The van der Waals surface area contributed by atoms with Crippen LogP contribution >= 0.6 is 12.4 Å². The lowest BCUT2D eigenvalue weighted by Crippen LogP contribution is -2.23. The first-order valence-corrected chi connectivity index (χ1v) is 5.31. The van der Waals surface area contributed by atoms with Gasteiger partial charge in [0.1, 0.15) is 17.2 Å². The zero-order valence-corrected chi connectivity index (χ0v) is 10.8. The number of hydrogen-bond acceptors (Lipinski definition) is 3. The fourth-order valence-electron chi connectivity index (χ4n) is 1.97. The van der Waals surface area contributed by atoms with E-state index in [1.807, 2.05) is 0 Å². The van der Waals surface area contributed by atoms with E-state index in [-0.39, 0.29) is 12.4 Å². The molecule has 1 unspecified atom stereocenters. The van der Waals surface area contributed by atoms with E-state index in [0.717, 1.165) is 0 Å². The van der Waals surface area contributed by atoms with Crippen molar-refractivity contribution in [1.82, 2.24) is 5.32 Å². The van der Waals surface area contributed by atoms with Gasteiger partial charge in [0.15, 0.2) is 0 Å². The predicted molar refractivity (Wildman–Crippen MR) is 67.1 cm³/mol. The highest BCUT2D eigenvalue weighted by molar-refractivity contribution is 5.85. The summed E-state index contributed by atoms with van der Waals surface area (Å²) in [6.07, 6.45) is 0.489. The maximum atomic E-state index is 14.5. The van der Waals surface area contributed by atoms with Crippen LogP contribution in [0.15, 0.2) is 18.2 Å². The predicted octanol–water partition coefficient (Wildman–Crippen LogP) is 2.28. The topological polar surface area (TPSA) is 30.5 Å². The van der Waals surface area contributed by atoms with E-state index in [1.165, 1.54) is 0 Å². The molecule has 0 saturated carbocycles. The van der Waals surface area contributed by atoms with Crippen LogP contribution in [-0.4, -0.2) is 27.3 Å². The summed E-state index contributed by atoms with van der Waals surface area (Å²) in [5.74, 6) is 1.25. The minimum absolute atomic E-state index is 0. The summed E-state index contributed by atoms with van der Waals surface area (Å²) in [5.41, 5.74) is -0.685. The second-order valence-corrected chi connectivity index (χ2v) is 3.99. The first-order chi connectivity index (χ1) is 7.68. The van der Waals surface area contributed by atoms with Crippen molar-refractivity contribution in [2.75, 3.05) is 27.3 Å². The van der Waals surface area contributed by atoms with Crippen molar-refractivity contribution >= 4 is 12.4 Å². The average molecular weight is 262 g/mol. The van der Waals surface area contributed by atoms with Crippen molar-refractivity contribution in [1.29, 1.82) is 0 Å². The molecule has 1 N–H and O–H groups in total. The molecule has 5 heteroatoms. The minimum atomic E-state index is -1.30. The zero-order chi connectivity index (χ0) is 11.6. The molecule has 0 aromatic heterocycles. The Bertz CT molecular complexity index is 359. The van der Waals surface area contributed by atoms with Crippen LogP contribution in [0.25, 0.3) is 0 Å². The van der Waals surface area contributed by atoms with Gasteiger partial charge in [-0.15, -0.1) is 12.4 Å². The lowest BCUT2D eigenvalue weighted by atomic mass is 9.94. The van der Waals surface area contributed by atoms with E-state index in [9.17, 15) is 4.39 Å². The SMILES string of the molecule is COc1cc(OC)cc(C2(F)CCNC2)c1.Cl. The number of halogens is 2. The molecule has 96 valence electrons. The molecule has 3 nitrogen and oxygen atoms in total. The molecule has 1 aliphatic heterocycles. The molecule has 1 aliphatic rings. The normalized spacial score (nSPS) is 23.0. The van der Waals surface area contributed by atoms with Gasteiger partial charge in [-0.2, -0.15) is 0 Å². The zero-order valence-electron chi connectivity index (χ0n) is 9.96. The van der Waals surface area contributed by atoms with E-state index in [2.05, 4.69) is 5.32 Å². The molecule has 1 heterocycles. The van der Waals surface area contributed by atoms with Crippen molar-refractivity contribution in [3.8, 4) is 11.5 Å². The summed E-state index contributed by atoms with van der Waals surface area (Å²) in [6, 6.07) is 5.21. The number of ether oxygens (including phenoxy) is 2. The van der Waals surface area contributed by atoms with Crippen molar-refractivity contribution in [2.24, 2.45) is 0 Å². The molecule has 1 aromatic carbocycles. The van der Waals surface area contributed by atoms with Gasteiger partial charge in [-0.1, -0.05) is 0 Å². The molecule has 17 heavy (non-hydrogen) atoms. The Kier molecular flexibility index (Phi) is 4.60. The van der Waals surface area contributed by atoms with Gasteiger partial charge in [0.25, 0.3) is 0 Å². The standard InChI is InChI=1S/C12H16FNO2.ClH/c1-15-10-5-9(6-11(7-10)16-2)12(13)3-4-14-8-12;/h5-7,14H,3-4,8H2,1-2H3;1H. The van der Waals surface area contributed by atoms with Crippen molar-refractivity contribution < 1.29 is 13.9 Å². The van der Waals surface area contributed by atoms with Crippen LogP contribution < -0.4 is 14.8 Å². The molecule has 0 bridgehead atoms. The molecule has 1 fully saturated rings. The smallest absolute Gasteiger partial charge is 0.149 e. The summed E-state index contributed by atoms with van der Waals surface area (Å²) in [6.45, 7) is 1.05. The fraction of sp³-hybridized carbons (Fsp3) is 0.500. The number of rotatable bonds is 3.